The fourth-order valence-electron chi connectivity index (χ4n) is 2.17. The summed E-state index contributed by atoms with van der Waals surface area (Å²) in [7, 11) is 0. The summed E-state index contributed by atoms with van der Waals surface area (Å²) in [5.74, 6) is 0.637. The smallest absolute Gasteiger partial charge is 0.199 e. The molecule has 0 spiro atoms. The Kier molecular flexibility index (Phi) is 2.87. The SMILES string of the molecule is CCO[C@@H]1C[C@H]2CCCC(=O)C2=CO1. The van der Waals surface area contributed by atoms with Gasteiger partial charge < -0.3 is 9.47 Å². The lowest BCUT2D eigenvalue weighted by Gasteiger charge is -2.31. The Hall–Kier alpha value is -0.830. The molecule has 0 bridgehead atoms. The highest BCUT2D eigenvalue weighted by Crippen LogP contribution is 2.34. The number of rotatable bonds is 2. The largest absolute Gasteiger partial charge is 0.472 e. The third kappa shape index (κ3) is 1.82. The van der Waals surface area contributed by atoms with Crippen molar-refractivity contribution in [3.05, 3.63) is 11.8 Å². The average Bonchev–Trinajstić information content (AvgIpc) is 2.18. The van der Waals surface area contributed by atoms with Crippen molar-refractivity contribution in [3.8, 4) is 0 Å². The van der Waals surface area contributed by atoms with Crippen molar-refractivity contribution in [2.24, 2.45) is 5.92 Å². The van der Waals surface area contributed by atoms with Crippen LogP contribution in [0.3, 0.4) is 0 Å². The van der Waals surface area contributed by atoms with Gasteiger partial charge in [0.1, 0.15) is 0 Å². The van der Waals surface area contributed by atoms with Gasteiger partial charge in [0.15, 0.2) is 12.1 Å². The Morgan fingerprint density at radius 3 is 3.29 bits per heavy atom. The molecule has 0 amide bonds. The molecule has 2 rings (SSSR count). The van der Waals surface area contributed by atoms with Gasteiger partial charge in [-0.25, -0.2) is 0 Å². The molecule has 3 nitrogen and oxygen atoms in total. The van der Waals surface area contributed by atoms with E-state index < -0.39 is 0 Å². The van der Waals surface area contributed by atoms with E-state index in [0.717, 1.165) is 24.8 Å². The standard InChI is InChI=1S/C11H16O3/c1-2-13-11-6-8-4-3-5-10(12)9(8)7-14-11/h7-8,11H,2-6H2,1H3/t8-,11+/m1/s1. The minimum atomic E-state index is -0.139. The summed E-state index contributed by atoms with van der Waals surface area (Å²) in [5.41, 5.74) is 0.882. The number of Topliss-reactive ketones (excluding diaryl/α,β-unsaturated/α-hetero) is 1. The topological polar surface area (TPSA) is 35.5 Å². The highest BCUT2D eigenvalue weighted by Gasteiger charge is 2.32. The zero-order valence-electron chi connectivity index (χ0n) is 8.49. The molecule has 1 fully saturated rings. The van der Waals surface area contributed by atoms with Crippen molar-refractivity contribution >= 4 is 5.78 Å². The van der Waals surface area contributed by atoms with Crippen LogP contribution in [0, 0.1) is 5.92 Å². The van der Waals surface area contributed by atoms with Crippen LogP contribution in [0.1, 0.15) is 32.6 Å². The third-order valence-electron chi connectivity index (χ3n) is 2.89. The van der Waals surface area contributed by atoms with E-state index in [-0.39, 0.29) is 12.1 Å². The van der Waals surface area contributed by atoms with Gasteiger partial charge in [-0.05, 0) is 25.7 Å². The van der Waals surface area contributed by atoms with Gasteiger partial charge in [-0.1, -0.05) is 0 Å². The molecule has 0 N–H and O–H groups in total. The van der Waals surface area contributed by atoms with Crippen LogP contribution in [0.15, 0.2) is 11.8 Å². The highest BCUT2D eigenvalue weighted by atomic mass is 16.7. The second kappa shape index (κ2) is 4.13. The summed E-state index contributed by atoms with van der Waals surface area (Å²) in [6.07, 6.45) is 5.12. The quantitative estimate of drug-likeness (QED) is 0.677. The van der Waals surface area contributed by atoms with E-state index in [1.54, 1.807) is 6.26 Å². The maximum Gasteiger partial charge on any atom is 0.199 e. The van der Waals surface area contributed by atoms with Gasteiger partial charge in [0.25, 0.3) is 0 Å². The van der Waals surface area contributed by atoms with Crippen LogP contribution >= 0.6 is 0 Å². The minimum absolute atomic E-state index is 0.139. The molecule has 0 unspecified atom stereocenters. The zero-order chi connectivity index (χ0) is 9.97. The van der Waals surface area contributed by atoms with Gasteiger partial charge in [0.2, 0.25) is 0 Å². The normalized spacial score (nSPS) is 31.8. The van der Waals surface area contributed by atoms with Crippen LogP contribution in [-0.2, 0) is 14.3 Å². The average molecular weight is 196 g/mol. The van der Waals surface area contributed by atoms with Gasteiger partial charge in [-0.3, -0.25) is 4.79 Å². The van der Waals surface area contributed by atoms with Crippen molar-refractivity contribution in [2.45, 2.75) is 38.9 Å². The molecule has 78 valence electrons. The minimum Gasteiger partial charge on any atom is -0.472 e. The molecule has 2 atom stereocenters. The third-order valence-corrected chi connectivity index (χ3v) is 2.89. The van der Waals surface area contributed by atoms with Gasteiger partial charge in [0.05, 0.1) is 6.26 Å². The molecule has 14 heavy (non-hydrogen) atoms. The fraction of sp³-hybridized carbons (Fsp3) is 0.727. The number of fused-ring (bicyclic) bond motifs is 1. The predicted octanol–water partition coefficient (Wildman–Crippen LogP) is 2.02. The molecule has 0 aromatic carbocycles. The summed E-state index contributed by atoms with van der Waals surface area (Å²) < 4.78 is 10.7. The fourth-order valence-corrected chi connectivity index (χ4v) is 2.17. The van der Waals surface area contributed by atoms with Crippen molar-refractivity contribution in [1.82, 2.24) is 0 Å². The van der Waals surface area contributed by atoms with Gasteiger partial charge in [-0.15, -0.1) is 0 Å². The maximum absolute atomic E-state index is 11.5. The van der Waals surface area contributed by atoms with E-state index in [4.69, 9.17) is 9.47 Å². The van der Waals surface area contributed by atoms with Crippen LogP contribution in [0.25, 0.3) is 0 Å². The molecule has 0 aromatic heterocycles. The van der Waals surface area contributed by atoms with E-state index in [1.807, 2.05) is 6.92 Å². The molecular formula is C11H16O3. The number of hydrogen-bond acceptors (Lipinski definition) is 3. The highest BCUT2D eigenvalue weighted by molar-refractivity contribution is 5.96. The lowest BCUT2D eigenvalue weighted by atomic mass is 9.81. The number of ether oxygens (including phenoxy) is 2. The maximum atomic E-state index is 11.5. The lowest BCUT2D eigenvalue weighted by molar-refractivity contribution is -0.131. The van der Waals surface area contributed by atoms with Gasteiger partial charge in [-0.2, -0.15) is 0 Å². The Bertz CT molecular complexity index is 257. The van der Waals surface area contributed by atoms with Gasteiger partial charge >= 0.3 is 0 Å². The van der Waals surface area contributed by atoms with E-state index in [2.05, 4.69) is 0 Å². The molecule has 1 saturated carbocycles. The van der Waals surface area contributed by atoms with E-state index >= 15 is 0 Å². The van der Waals surface area contributed by atoms with E-state index in [0.29, 0.717) is 18.9 Å². The van der Waals surface area contributed by atoms with Crippen LogP contribution < -0.4 is 0 Å². The Labute approximate surface area is 84.1 Å². The predicted molar refractivity (Wildman–Crippen MR) is 51.5 cm³/mol. The second-order valence-electron chi connectivity index (χ2n) is 3.84. The van der Waals surface area contributed by atoms with Crippen molar-refractivity contribution in [2.75, 3.05) is 6.61 Å². The number of ketones is 1. The molecular weight excluding hydrogens is 180 g/mol. The first kappa shape index (κ1) is 9.71. The first-order valence-corrected chi connectivity index (χ1v) is 5.31. The molecule has 2 aliphatic rings. The van der Waals surface area contributed by atoms with Crippen LogP contribution in [0.5, 0.6) is 0 Å². The first-order chi connectivity index (χ1) is 6.81. The second-order valence-corrected chi connectivity index (χ2v) is 3.84. The van der Waals surface area contributed by atoms with Crippen LogP contribution in [0.2, 0.25) is 0 Å². The van der Waals surface area contributed by atoms with Crippen molar-refractivity contribution in [1.29, 1.82) is 0 Å². The molecule has 0 radical (unpaired) electrons. The molecule has 0 saturated heterocycles. The number of hydrogen-bond donors (Lipinski definition) is 0. The summed E-state index contributed by atoms with van der Waals surface area (Å²) in [6.45, 7) is 2.61. The first-order valence-electron chi connectivity index (χ1n) is 5.31. The molecule has 1 aliphatic heterocycles. The number of allylic oxidation sites excluding steroid dienone is 1. The van der Waals surface area contributed by atoms with E-state index in [9.17, 15) is 4.79 Å². The van der Waals surface area contributed by atoms with Crippen molar-refractivity contribution < 1.29 is 14.3 Å². The Morgan fingerprint density at radius 1 is 1.64 bits per heavy atom. The zero-order valence-corrected chi connectivity index (χ0v) is 8.49. The summed E-state index contributed by atoms with van der Waals surface area (Å²) in [4.78, 5) is 11.5. The monoisotopic (exact) mass is 196 g/mol. The van der Waals surface area contributed by atoms with Crippen LogP contribution in [-0.4, -0.2) is 18.7 Å². The summed E-state index contributed by atoms with van der Waals surface area (Å²) in [6, 6.07) is 0. The van der Waals surface area contributed by atoms with E-state index in [1.165, 1.54) is 0 Å². The van der Waals surface area contributed by atoms with Crippen molar-refractivity contribution in [3.63, 3.8) is 0 Å². The van der Waals surface area contributed by atoms with Gasteiger partial charge in [0, 0.05) is 25.0 Å². The molecule has 0 aromatic rings. The Morgan fingerprint density at radius 2 is 2.50 bits per heavy atom. The molecule has 1 heterocycles. The summed E-state index contributed by atoms with van der Waals surface area (Å²) >= 11 is 0. The summed E-state index contributed by atoms with van der Waals surface area (Å²) in [5, 5.41) is 0. The Balaban J connectivity index is 2.04. The lowest BCUT2D eigenvalue weighted by Crippen LogP contribution is -2.30. The van der Waals surface area contributed by atoms with Crippen LogP contribution in [0.4, 0.5) is 0 Å². The molecule has 3 heteroatoms. The number of carbonyl (C=O) groups is 1. The molecule has 1 aliphatic carbocycles. The number of carbonyl (C=O) groups excluding carboxylic acids is 1.